The molecular formula is C20H20ClN3O3. The van der Waals surface area contributed by atoms with E-state index >= 15 is 0 Å². The van der Waals surface area contributed by atoms with Crippen LogP contribution in [-0.4, -0.2) is 28.3 Å². The summed E-state index contributed by atoms with van der Waals surface area (Å²) in [7, 11) is 0. The number of rotatable bonds is 5. The number of halogens is 1. The smallest absolute Gasteiger partial charge is 0.341 e. The van der Waals surface area contributed by atoms with E-state index in [1.165, 1.54) is 13.1 Å². The van der Waals surface area contributed by atoms with Crippen molar-refractivity contribution in [1.82, 2.24) is 9.97 Å². The van der Waals surface area contributed by atoms with Crippen molar-refractivity contribution < 1.29 is 14.3 Å². The number of nitrogens with zero attached hydrogens (tertiary/aromatic N) is 2. The normalized spacial score (nSPS) is 10.2. The van der Waals surface area contributed by atoms with Gasteiger partial charge in [-0.15, -0.1) is 12.4 Å². The summed E-state index contributed by atoms with van der Waals surface area (Å²) in [5, 5.41) is 3.90. The van der Waals surface area contributed by atoms with Crippen molar-refractivity contribution in [3.05, 3.63) is 59.4 Å². The molecule has 0 unspecified atom stereocenters. The van der Waals surface area contributed by atoms with E-state index in [0.29, 0.717) is 33.5 Å². The van der Waals surface area contributed by atoms with E-state index in [4.69, 9.17) is 4.74 Å². The number of nitrogens with one attached hydrogen (secondary N) is 1. The molecule has 1 N–H and O–H groups in total. The molecule has 0 amide bonds. The Morgan fingerprint density at radius 3 is 2.56 bits per heavy atom. The molecule has 6 nitrogen and oxygen atoms in total. The predicted octanol–water partition coefficient (Wildman–Crippen LogP) is 4.48. The van der Waals surface area contributed by atoms with Crippen LogP contribution < -0.4 is 5.32 Å². The third-order valence-electron chi connectivity index (χ3n) is 3.93. The maximum Gasteiger partial charge on any atom is 0.341 e. The van der Waals surface area contributed by atoms with Crippen LogP contribution in [0.1, 0.15) is 40.3 Å². The first-order valence-corrected chi connectivity index (χ1v) is 8.31. The molecule has 140 valence electrons. The highest BCUT2D eigenvalue weighted by molar-refractivity contribution is 6.07. The number of aromatic nitrogens is 2. The number of ether oxygens (including phenoxy) is 1. The maximum atomic E-state index is 12.4. The molecule has 3 rings (SSSR count). The van der Waals surface area contributed by atoms with Crippen molar-refractivity contribution in [2.75, 3.05) is 11.9 Å². The number of hydrogen-bond acceptors (Lipinski definition) is 6. The highest BCUT2D eigenvalue weighted by Gasteiger charge is 2.19. The lowest BCUT2D eigenvalue weighted by Crippen LogP contribution is -2.10. The molecule has 7 heteroatoms. The second kappa shape index (κ2) is 8.60. The summed E-state index contributed by atoms with van der Waals surface area (Å²) in [6, 6.07) is 10.8. The largest absolute Gasteiger partial charge is 0.462 e. The molecule has 2 heterocycles. The average molecular weight is 386 g/mol. The molecule has 0 radical (unpaired) electrons. The number of fused-ring (bicyclic) bond motifs is 1. The van der Waals surface area contributed by atoms with E-state index < -0.39 is 5.97 Å². The summed E-state index contributed by atoms with van der Waals surface area (Å²) in [4.78, 5) is 33.0. The quantitative estimate of drug-likeness (QED) is 0.515. The lowest BCUT2D eigenvalue weighted by Gasteiger charge is -2.15. The van der Waals surface area contributed by atoms with Crippen molar-refractivity contribution in [2.24, 2.45) is 0 Å². The van der Waals surface area contributed by atoms with E-state index in [-0.39, 0.29) is 24.8 Å². The third kappa shape index (κ3) is 4.23. The van der Waals surface area contributed by atoms with Gasteiger partial charge in [-0.25, -0.2) is 14.8 Å². The number of esters is 1. The first-order valence-electron chi connectivity index (χ1n) is 8.31. The van der Waals surface area contributed by atoms with Crippen LogP contribution in [0.5, 0.6) is 0 Å². The molecule has 0 bridgehead atoms. The average Bonchev–Trinajstić information content (AvgIpc) is 2.62. The molecule has 0 saturated carbocycles. The Morgan fingerprint density at radius 1 is 1.11 bits per heavy atom. The standard InChI is InChI=1S/C20H19N3O3.ClH/c1-4-26-20(25)16-11-21-19-15(10-9-12(2)22-19)18(16)23-17-8-6-5-7-14(17)13(3)24;/h5-11H,4H2,1-3H3,(H,21,22,23);1H. The fourth-order valence-electron chi connectivity index (χ4n) is 2.70. The van der Waals surface area contributed by atoms with Crippen LogP contribution in [0.25, 0.3) is 11.0 Å². The van der Waals surface area contributed by atoms with Crippen LogP contribution in [0.2, 0.25) is 0 Å². The van der Waals surface area contributed by atoms with Crippen LogP contribution in [0.4, 0.5) is 11.4 Å². The molecule has 3 aromatic rings. The van der Waals surface area contributed by atoms with Crippen LogP contribution in [-0.2, 0) is 4.74 Å². The summed E-state index contributed by atoms with van der Waals surface area (Å²) < 4.78 is 5.15. The molecule has 0 aliphatic carbocycles. The van der Waals surface area contributed by atoms with Crippen molar-refractivity contribution >= 4 is 46.6 Å². The first-order chi connectivity index (χ1) is 12.5. The van der Waals surface area contributed by atoms with Gasteiger partial charge in [-0.3, -0.25) is 4.79 Å². The second-order valence-corrected chi connectivity index (χ2v) is 5.82. The van der Waals surface area contributed by atoms with Gasteiger partial charge < -0.3 is 10.1 Å². The Balaban J connectivity index is 0.00000261. The number of benzene rings is 1. The lowest BCUT2D eigenvalue weighted by molar-refractivity contribution is 0.0527. The van der Waals surface area contributed by atoms with Gasteiger partial charge >= 0.3 is 5.97 Å². The highest BCUT2D eigenvalue weighted by Crippen LogP contribution is 2.30. The monoisotopic (exact) mass is 385 g/mol. The zero-order chi connectivity index (χ0) is 18.7. The molecule has 0 aliphatic heterocycles. The number of carbonyl (C=O) groups excluding carboxylic acids is 2. The second-order valence-electron chi connectivity index (χ2n) is 5.82. The molecular weight excluding hydrogens is 366 g/mol. The van der Waals surface area contributed by atoms with Gasteiger partial charge in [0.2, 0.25) is 0 Å². The fraction of sp³-hybridized carbons (Fsp3) is 0.200. The molecule has 1 aromatic carbocycles. The topological polar surface area (TPSA) is 81.2 Å². The number of ketones is 1. The Bertz CT molecular complexity index is 1000. The number of aryl methyl sites for hydroxylation is 1. The number of pyridine rings is 2. The zero-order valence-electron chi connectivity index (χ0n) is 15.3. The minimum Gasteiger partial charge on any atom is -0.462 e. The minimum absolute atomic E-state index is 0. The van der Waals surface area contributed by atoms with Crippen LogP contribution in [0.15, 0.2) is 42.6 Å². The van der Waals surface area contributed by atoms with Crippen molar-refractivity contribution in [1.29, 1.82) is 0 Å². The predicted molar refractivity (Wildman–Crippen MR) is 107 cm³/mol. The summed E-state index contributed by atoms with van der Waals surface area (Å²) in [5.74, 6) is -0.552. The van der Waals surface area contributed by atoms with E-state index in [0.717, 1.165) is 5.69 Å². The number of para-hydroxylation sites is 1. The third-order valence-corrected chi connectivity index (χ3v) is 3.93. The molecule has 0 spiro atoms. The molecule has 2 aromatic heterocycles. The molecule has 27 heavy (non-hydrogen) atoms. The number of anilines is 2. The van der Waals surface area contributed by atoms with E-state index in [1.807, 2.05) is 25.1 Å². The van der Waals surface area contributed by atoms with Crippen LogP contribution in [0.3, 0.4) is 0 Å². The van der Waals surface area contributed by atoms with Gasteiger partial charge in [0.05, 0.1) is 12.3 Å². The first kappa shape index (κ1) is 20.3. The summed E-state index contributed by atoms with van der Waals surface area (Å²) in [6.45, 7) is 5.38. The van der Waals surface area contributed by atoms with Crippen molar-refractivity contribution in [3.63, 3.8) is 0 Å². The Morgan fingerprint density at radius 2 is 1.85 bits per heavy atom. The maximum absolute atomic E-state index is 12.4. The van der Waals surface area contributed by atoms with E-state index in [2.05, 4.69) is 15.3 Å². The Kier molecular flexibility index (Phi) is 6.47. The Hall–Kier alpha value is -2.99. The fourth-order valence-corrected chi connectivity index (χ4v) is 2.70. The summed E-state index contributed by atoms with van der Waals surface area (Å²) in [6.07, 6.45) is 1.45. The van der Waals surface area contributed by atoms with Gasteiger partial charge in [0.15, 0.2) is 11.4 Å². The van der Waals surface area contributed by atoms with Crippen LogP contribution >= 0.6 is 12.4 Å². The molecule has 0 aliphatic rings. The Labute approximate surface area is 163 Å². The van der Waals surface area contributed by atoms with Gasteiger partial charge in [-0.1, -0.05) is 12.1 Å². The highest BCUT2D eigenvalue weighted by atomic mass is 35.5. The van der Waals surface area contributed by atoms with Gasteiger partial charge in [0.25, 0.3) is 0 Å². The molecule has 0 atom stereocenters. The van der Waals surface area contributed by atoms with E-state index in [1.54, 1.807) is 25.1 Å². The lowest BCUT2D eigenvalue weighted by atomic mass is 10.1. The summed E-state index contributed by atoms with van der Waals surface area (Å²) >= 11 is 0. The van der Waals surface area contributed by atoms with Gasteiger partial charge in [-0.05, 0) is 45.0 Å². The number of Topliss-reactive ketones (excluding diaryl/α,β-unsaturated/α-hetero) is 1. The number of carbonyl (C=O) groups is 2. The van der Waals surface area contributed by atoms with Crippen molar-refractivity contribution in [3.8, 4) is 0 Å². The SMILES string of the molecule is CCOC(=O)c1cnc2nc(C)ccc2c1Nc1ccccc1C(C)=O.Cl. The minimum atomic E-state index is -0.481. The molecule has 0 saturated heterocycles. The van der Waals surface area contributed by atoms with Gasteiger partial charge in [0.1, 0.15) is 5.56 Å². The van der Waals surface area contributed by atoms with Gasteiger partial charge in [0, 0.05) is 28.5 Å². The van der Waals surface area contributed by atoms with Crippen LogP contribution in [0, 0.1) is 6.92 Å². The zero-order valence-corrected chi connectivity index (χ0v) is 16.1. The molecule has 0 fully saturated rings. The summed E-state index contributed by atoms with van der Waals surface area (Å²) in [5.41, 5.74) is 3.30. The van der Waals surface area contributed by atoms with Crippen molar-refractivity contribution in [2.45, 2.75) is 20.8 Å². The van der Waals surface area contributed by atoms with E-state index in [9.17, 15) is 9.59 Å². The van der Waals surface area contributed by atoms with Gasteiger partial charge in [-0.2, -0.15) is 0 Å². The number of hydrogen-bond donors (Lipinski definition) is 1.